The minimum atomic E-state index is -3.69. The molecule has 0 rings (SSSR count). The first kappa shape index (κ1) is 21.0. The Bertz CT molecular complexity index is 210. The standard InChI is InChI=1S/C9H24N3O3P.K/c1-2-3-4-9-16(13,14)15-12-8-7-11-6-5-10;/h11-12H,2-10H2,1H3,(H,13,14);/q;+1/p-1. The van der Waals surface area contributed by atoms with Crippen LogP contribution in [0.25, 0.3) is 0 Å². The number of hydroxylamine groups is 1. The molecule has 1 unspecified atom stereocenters. The van der Waals surface area contributed by atoms with Crippen LogP contribution in [-0.2, 0) is 9.19 Å². The molecule has 6 nitrogen and oxygen atoms in total. The quantitative estimate of drug-likeness (QED) is 0.160. The summed E-state index contributed by atoms with van der Waals surface area (Å²) in [6.07, 6.45) is 2.67. The summed E-state index contributed by atoms with van der Waals surface area (Å²) in [7, 11) is -3.69. The summed E-state index contributed by atoms with van der Waals surface area (Å²) in [6, 6.07) is 0. The van der Waals surface area contributed by atoms with Gasteiger partial charge >= 0.3 is 51.4 Å². The zero-order valence-corrected chi connectivity index (χ0v) is 14.9. The van der Waals surface area contributed by atoms with Crippen molar-refractivity contribution in [3.05, 3.63) is 0 Å². The van der Waals surface area contributed by atoms with Gasteiger partial charge in [0.15, 0.2) is 7.60 Å². The van der Waals surface area contributed by atoms with Gasteiger partial charge in [-0.25, -0.2) is 0 Å². The first-order valence-corrected chi connectivity index (χ1v) is 7.47. The minimum Gasteiger partial charge on any atom is -0.777 e. The van der Waals surface area contributed by atoms with E-state index in [2.05, 4.69) is 15.4 Å². The molecule has 0 radical (unpaired) electrons. The zero-order chi connectivity index (χ0) is 12.3. The molecule has 0 heterocycles. The summed E-state index contributed by atoms with van der Waals surface area (Å²) >= 11 is 0. The third-order valence-electron chi connectivity index (χ3n) is 1.96. The van der Waals surface area contributed by atoms with Crippen molar-refractivity contribution < 1.29 is 65.5 Å². The molecule has 8 heteroatoms. The van der Waals surface area contributed by atoms with Gasteiger partial charge in [-0.05, 0) is 6.42 Å². The second-order valence-electron chi connectivity index (χ2n) is 3.57. The maximum absolute atomic E-state index is 11.3. The Kier molecular flexibility index (Phi) is 17.4. The van der Waals surface area contributed by atoms with E-state index < -0.39 is 7.60 Å². The second-order valence-corrected chi connectivity index (χ2v) is 5.42. The predicted octanol–water partition coefficient (Wildman–Crippen LogP) is -3.20. The van der Waals surface area contributed by atoms with Gasteiger partial charge in [0.1, 0.15) is 0 Å². The topological polar surface area (TPSA) is 99.4 Å². The van der Waals surface area contributed by atoms with E-state index in [-0.39, 0.29) is 57.5 Å². The van der Waals surface area contributed by atoms with Gasteiger partial charge in [-0.3, -0.25) is 4.62 Å². The molecule has 4 N–H and O–H groups in total. The summed E-state index contributed by atoms with van der Waals surface area (Å²) in [5.74, 6) is 0. The van der Waals surface area contributed by atoms with Gasteiger partial charge in [0.05, 0.1) is 0 Å². The third-order valence-corrected chi connectivity index (χ3v) is 3.24. The number of unbranched alkanes of at least 4 members (excludes halogenated alkanes) is 2. The van der Waals surface area contributed by atoms with Crippen molar-refractivity contribution in [2.45, 2.75) is 26.2 Å². The second kappa shape index (κ2) is 14.1. The van der Waals surface area contributed by atoms with Crippen molar-refractivity contribution in [1.29, 1.82) is 0 Å². The number of rotatable bonds is 11. The fourth-order valence-corrected chi connectivity index (χ4v) is 2.10. The van der Waals surface area contributed by atoms with Crippen molar-refractivity contribution in [1.82, 2.24) is 10.8 Å². The Labute approximate surface area is 146 Å². The summed E-state index contributed by atoms with van der Waals surface area (Å²) in [4.78, 5) is 11.3. The van der Waals surface area contributed by atoms with Crippen molar-refractivity contribution in [2.24, 2.45) is 5.73 Å². The van der Waals surface area contributed by atoms with E-state index in [1.54, 1.807) is 0 Å². The Balaban J connectivity index is 0. The summed E-state index contributed by atoms with van der Waals surface area (Å²) in [5.41, 5.74) is 7.70. The SMILES string of the molecule is CCCCCP(=O)([O-])ONCCNCCN.[K+]. The van der Waals surface area contributed by atoms with Crippen LogP contribution in [0.3, 0.4) is 0 Å². The molecule has 0 aliphatic heterocycles. The van der Waals surface area contributed by atoms with Crippen LogP contribution in [0, 0.1) is 0 Å². The van der Waals surface area contributed by atoms with Gasteiger partial charge in [0.2, 0.25) is 0 Å². The van der Waals surface area contributed by atoms with E-state index >= 15 is 0 Å². The van der Waals surface area contributed by atoms with Gasteiger partial charge < -0.3 is 20.5 Å². The van der Waals surface area contributed by atoms with Crippen LogP contribution < -0.4 is 72.8 Å². The van der Waals surface area contributed by atoms with Gasteiger partial charge in [0.25, 0.3) is 0 Å². The molecule has 0 saturated carbocycles. The van der Waals surface area contributed by atoms with Crippen LogP contribution in [0.2, 0.25) is 0 Å². The fourth-order valence-electron chi connectivity index (χ4n) is 1.11. The van der Waals surface area contributed by atoms with E-state index in [1.165, 1.54) is 0 Å². The average molecular weight is 291 g/mol. The maximum Gasteiger partial charge on any atom is 1.00 e. The van der Waals surface area contributed by atoms with Crippen LogP contribution in [0.1, 0.15) is 26.2 Å². The van der Waals surface area contributed by atoms with Crippen LogP contribution in [0.5, 0.6) is 0 Å². The Morgan fingerprint density at radius 3 is 2.59 bits per heavy atom. The van der Waals surface area contributed by atoms with Gasteiger partial charge in [0, 0.05) is 32.3 Å². The minimum absolute atomic E-state index is 0. The molecule has 0 aliphatic rings. The Hall–Kier alpha value is 1.67. The summed E-state index contributed by atoms with van der Waals surface area (Å²) < 4.78 is 15.9. The molecule has 0 fully saturated rings. The number of nitrogens with one attached hydrogen (secondary N) is 2. The van der Waals surface area contributed by atoms with Crippen LogP contribution >= 0.6 is 7.60 Å². The first-order valence-electron chi connectivity index (χ1n) is 5.74. The van der Waals surface area contributed by atoms with Crippen molar-refractivity contribution in [2.75, 3.05) is 32.3 Å². The predicted molar refractivity (Wildman–Crippen MR) is 63.0 cm³/mol. The van der Waals surface area contributed by atoms with E-state index in [1.807, 2.05) is 6.92 Å². The molecule has 98 valence electrons. The average Bonchev–Trinajstić information content (AvgIpc) is 2.23. The molecule has 0 amide bonds. The molecule has 0 aromatic carbocycles. The molecule has 0 saturated heterocycles. The Morgan fingerprint density at radius 1 is 1.29 bits per heavy atom. The number of hydrogen-bond donors (Lipinski definition) is 3. The van der Waals surface area contributed by atoms with E-state index in [4.69, 9.17) is 5.73 Å². The molecule has 1 atom stereocenters. The van der Waals surface area contributed by atoms with E-state index in [0.717, 1.165) is 12.8 Å². The fraction of sp³-hybridized carbons (Fsp3) is 1.00. The van der Waals surface area contributed by atoms with Gasteiger partial charge in [-0.15, -0.1) is 0 Å². The summed E-state index contributed by atoms with van der Waals surface area (Å²) in [5, 5.41) is 3.01. The maximum atomic E-state index is 11.3. The smallest absolute Gasteiger partial charge is 0.777 e. The van der Waals surface area contributed by atoms with Crippen LogP contribution in [0.4, 0.5) is 0 Å². The van der Waals surface area contributed by atoms with Crippen LogP contribution in [-0.4, -0.2) is 32.3 Å². The normalized spacial score (nSPS) is 14.1. The molecule has 0 bridgehead atoms. The number of hydrogen-bond acceptors (Lipinski definition) is 6. The molecule has 0 spiro atoms. The van der Waals surface area contributed by atoms with Crippen LogP contribution in [0.15, 0.2) is 0 Å². The third kappa shape index (κ3) is 15.6. The monoisotopic (exact) mass is 291 g/mol. The van der Waals surface area contributed by atoms with E-state index in [9.17, 15) is 9.46 Å². The molecule has 0 aromatic rings. The van der Waals surface area contributed by atoms with Crippen molar-refractivity contribution >= 4 is 7.60 Å². The van der Waals surface area contributed by atoms with Crippen molar-refractivity contribution in [3.63, 3.8) is 0 Å². The number of nitrogens with two attached hydrogens (primary N) is 1. The van der Waals surface area contributed by atoms with E-state index in [0.29, 0.717) is 32.6 Å². The summed E-state index contributed by atoms with van der Waals surface area (Å²) in [6.45, 7) is 4.38. The largest absolute Gasteiger partial charge is 1.00 e. The van der Waals surface area contributed by atoms with Crippen molar-refractivity contribution in [3.8, 4) is 0 Å². The molecule has 17 heavy (non-hydrogen) atoms. The Morgan fingerprint density at radius 2 is 2.00 bits per heavy atom. The molecule has 0 aromatic heterocycles. The zero-order valence-electron chi connectivity index (χ0n) is 10.9. The van der Waals surface area contributed by atoms with Gasteiger partial charge in [-0.2, -0.15) is 5.48 Å². The van der Waals surface area contributed by atoms with Gasteiger partial charge in [-0.1, -0.05) is 19.8 Å². The molecular weight excluding hydrogens is 268 g/mol. The molecule has 0 aliphatic carbocycles. The first-order chi connectivity index (χ1) is 7.62. The molecular formula is C9H23KN3O3P.